The number of fused-ring (bicyclic) bond motifs is 2. The summed E-state index contributed by atoms with van der Waals surface area (Å²) in [4.78, 5) is 34.4. The number of rotatable bonds is 4. The number of para-hydroxylation sites is 2. The van der Waals surface area contributed by atoms with Crippen LogP contribution in [-0.4, -0.2) is 23.7 Å². The van der Waals surface area contributed by atoms with Crippen LogP contribution < -0.4 is 11.2 Å². The summed E-state index contributed by atoms with van der Waals surface area (Å²) >= 11 is 1.15. The van der Waals surface area contributed by atoms with Gasteiger partial charge in [-0.3, -0.25) is 13.9 Å². The van der Waals surface area contributed by atoms with Gasteiger partial charge in [-0.1, -0.05) is 24.3 Å². The highest BCUT2D eigenvalue weighted by Gasteiger charge is 2.21. The lowest BCUT2D eigenvalue weighted by molar-refractivity contribution is 0.488. The summed E-state index contributed by atoms with van der Waals surface area (Å²) in [7, 11) is 2.99. The van der Waals surface area contributed by atoms with Gasteiger partial charge in [0.2, 0.25) is 0 Å². The highest BCUT2D eigenvalue weighted by molar-refractivity contribution is 7.99. The van der Waals surface area contributed by atoms with Gasteiger partial charge in [0.25, 0.3) is 10.8 Å². The lowest BCUT2D eigenvalue weighted by Gasteiger charge is -2.09. The monoisotopic (exact) mass is 437 g/mol. The summed E-state index contributed by atoms with van der Waals surface area (Å²) in [6, 6.07) is 13.4. The molecule has 3 aromatic heterocycles. The van der Waals surface area contributed by atoms with E-state index in [0.717, 1.165) is 21.9 Å². The first-order chi connectivity index (χ1) is 14.9. The van der Waals surface area contributed by atoms with Gasteiger partial charge < -0.3 is 8.98 Å². The largest absolute Gasteiger partial charge is 0.431 e. The highest BCUT2D eigenvalue weighted by Crippen LogP contribution is 2.31. The van der Waals surface area contributed by atoms with E-state index in [1.54, 1.807) is 23.7 Å². The van der Waals surface area contributed by atoms with Crippen LogP contribution in [-0.2, 0) is 20.6 Å². The number of oxazole rings is 1. The smallest absolute Gasteiger partial charge is 0.332 e. The van der Waals surface area contributed by atoms with Crippen LogP contribution in [0.1, 0.15) is 5.56 Å². The van der Waals surface area contributed by atoms with Crippen molar-refractivity contribution in [2.75, 3.05) is 0 Å². The standard InChI is InChI=1S/C21H16FN5O3S/c1-25-17-16(18(28)26(2)21(25)29)27(11-12-7-9-13(22)10-8-12)19(24-17)31-20-23-14-5-3-4-6-15(14)30-20/h3-10H,11H2,1-2H3. The molecule has 31 heavy (non-hydrogen) atoms. The SMILES string of the molecule is Cn1c(=O)c2c(nc(Sc3nc4ccccc4o3)n2Cc2ccc(F)cc2)n(C)c1=O. The fourth-order valence-corrected chi connectivity index (χ4v) is 4.23. The molecule has 0 unspecified atom stereocenters. The normalized spacial score (nSPS) is 11.6. The summed E-state index contributed by atoms with van der Waals surface area (Å²) in [5, 5.41) is 0.794. The molecule has 0 saturated heterocycles. The zero-order chi connectivity index (χ0) is 21.7. The van der Waals surface area contributed by atoms with Crippen LogP contribution in [0.15, 0.2) is 72.9 Å². The molecule has 0 aliphatic rings. The molecule has 2 aromatic carbocycles. The van der Waals surface area contributed by atoms with E-state index in [9.17, 15) is 14.0 Å². The lowest BCUT2D eigenvalue weighted by atomic mass is 10.2. The van der Waals surface area contributed by atoms with E-state index in [1.165, 1.54) is 23.7 Å². The number of imidazole rings is 1. The first-order valence-corrected chi connectivity index (χ1v) is 10.2. The average molecular weight is 437 g/mol. The second kappa shape index (κ2) is 7.24. The van der Waals surface area contributed by atoms with Crippen LogP contribution >= 0.6 is 11.8 Å². The predicted octanol–water partition coefficient (Wildman–Crippen LogP) is 2.91. The molecule has 10 heteroatoms. The van der Waals surface area contributed by atoms with Crippen molar-refractivity contribution in [3.05, 3.63) is 80.7 Å². The molecule has 0 amide bonds. The Kier molecular flexibility index (Phi) is 4.51. The number of hydrogen-bond donors (Lipinski definition) is 0. The molecule has 0 bridgehead atoms. The van der Waals surface area contributed by atoms with E-state index in [2.05, 4.69) is 9.97 Å². The van der Waals surface area contributed by atoms with Gasteiger partial charge >= 0.3 is 5.69 Å². The van der Waals surface area contributed by atoms with Crippen LogP contribution in [0.5, 0.6) is 0 Å². The summed E-state index contributed by atoms with van der Waals surface area (Å²) in [5.41, 5.74) is 1.71. The molecule has 5 rings (SSSR count). The lowest BCUT2D eigenvalue weighted by Crippen LogP contribution is -2.37. The van der Waals surface area contributed by atoms with Crippen molar-refractivity contribution in [3.8, 4) is 0 Å². The highest BCUT2D eigenvalue weighted by atomic mass is 32.2. The molecule has 5 aromatic rings. The summed E-state index contributed by atoms with van der Waals surface area (Å²) in [6.07, 6.45) is 0. The Morgan fingerprint density at radius 2 is 1.74 bits per heavy atom. The number of aromatic nitrogens is 5. The number of halogens is 1. The van der Waals surface area contributed by atoms with Gasteiger partial charge in [0.15, 0.2) is 21.9 Å². The summed E-state index contributed by atoms with van der Waals surface area (Å²) in [6.45, 7) is 0.257. The molecule has 0 aliphatic heterocycles. The van der Waals surface area contributed by atoms with Crippen LogP contribution in [0.3, 0.4) is 0 Å². The van der Waals surface area contributed by atoms with E-state index in [4.69, 9.17) is 4.42 Å². The molecule has 0 aliphatic carbocycles. The Hall–Kier alpha value is -3.66. The Balaban J connectivity index is 1.71. The van der Waals surface area contributed by atoms with E-state index in [0.29, 0.717) is 21.5 Å². The minimum Gasteiger partial charge on any atom is -0.431 e. The van der Waals surface area contributed by atoms with Gasteiger partial charge in [-0.2, -0.15) is 0 Å². The third kappa shape index (κ3) is 3.25. The van der Waals surface area contributed by atoms with Crippen LogP contribution in [0.2, 0.25) is 0 Å². The molecular weight excluding hydrogens is 421 g/mol. The van der Waals surface area contributed by atoms with Crippen LogP contribution in [0.25, 0.3) is 22.3 Å². The maximum absolute atomic E-state index is 13.4. The van der Waals surface area contributed by atoms with Crippen molar-refractivity contribution < 1.29 is 8.81 Å². The van der Waals surface area contributed by atoms with Gasteiger partial charge in [-0.15, -0.1) is 0 Å². The fraction of sp³-hybridized carbons (Fsp3) is 0.143. The number of nitrogens with zero attached hydrogens (tertiary/aromatic N) is 5. The second-order valence-corrected chi connectivity index (χ2v) is 7.95. The van der Waals surface area contributed by atoms with E-state index >= 15 is 0 Å². The van der Waals surface area contributed by atoms with Crippen molar-refractivity contribution in [2.45, 2.75) is 16.9 Å². The maximum atomic E-state index is 13.4. The number of aryl methyl sites for hydroxylation is 1. The quantitative estimate of drug-likeness (QED) is 0.430. The Morgan fingerprint density at radius 3 is 2.48 bits per heavy atom. The number of hydrogen-bond acceptors (Lipinski definition) is 6. The topological polar surface area (TPSA) is 87.8 Å². The molecule has 3 heterocycles. The first kappa shape index (κ1) is 19.3. The zero-order valence-electron chi connectivity index (χ0n) is 16.6. The molecule has 0 atom stereocenters. The van der Waals surface area contributed by atoms with Gasteiger partial charge in [0, 0.05) is 25.9 Å². The Labute approximate surface area is 178 Å². The molecule has 0 N–H and O–H groups in total. The van der Waals surface area contributed by atoms with Crippen LogP contribution in [0, 0.1) is 5.82 Å². The van der Waals surface area contributed by atoms with Gasteiger partial charge in [-0.05, 0) is 29.8 Å². The molecular formula is C21H16FN5O3S. The maximum Gasteiger partial charge on any atom is 0.332 e. The first-order valence-electron chi connectivity index (χ1n) is 9.36. The van der Waals surface area contributed by atoms with Crippen molar-refractivity contribution in [3.63, 3.8) is 0 Å². The van der Waals surface area contributed by atoms with E-state index < -0.39 is 11.2 Å². The van der Waals surface area contributed by atoms with Crippen LogP contribution in [0.4, 0.5) is 4.39 Å². The average Bonchev–Trinajstić information content (AvgIpc) is 3.33. The molecule has 8 nitrogen and oxygen atoms in total. The minimum absolute atomic E-state index is 0.257. The van der Waals surface area contributed by atoms with Gasteiger partial charge in [0.1, 0.15) is 11.3 Å². The Morgan fingerprint density at radius 1 is 1.00 bits per heavy atom. The van der Waals surface area contributed by atoms with Crippen molar-refractivity contribution in [1.29, 1.82) is 0 Å². The molecule has 0 spiro atoms. The molecule has 0 radical (unpaired) electrons. The van der Waals surface area contributed by atoms with E-state index in [-0.39, 0.29) is 23.5 Å². The molecule has 0 saturated carbocycles. The second-order valence-electron chi connectivity index (χ2n) is 7.03. The third-order valence-corrected chi connectivity index (χ3v) is 5.86. The fourth-order valence-electron chi connectivity index (χ4n) is 3.40. The third-order valence-electron chi connectivity index (χ3n) is 5.02. The molecule has 156 valence electrons. The van der Waals surface area contributed by atoms with Gasteiger partial charge in [0.05, 0.1) is 6.54 Å². The van der Waals surface area contributed by atoms with E-state index in [1.807, 2.05) is 24.3 Å². The molecule has 0 fully saturated rings. The van der Waals surface area contributed by atoms with Crippen molar-refractivity contribution in [2.24, 2.45) is 14.1 Å². The Bertz CT molecular complexity index is 1530. The van der Waals surface area contributed by atoms with Crippen molar-refractivity contribution >= 4 is 34.0 Å². The summed E-state index contributed by atoms with van der Waals surface area (Å²) in [5.74, 6) is -0.348. The minimum atomic E-state index is -0.470. The van der Waals surface area contributed by atoms with Gasteiger partial charge in [-0.25, -0.2) is 19.2 Å². The predicted molar refractivity (Wildman–Crippen MR) is 114 cm³/mol. The van der Waals surface area contributed by atoms with Crippen molar-refractivity contribution in [1.82, 2.24) is 23.7 Å². The number of benzene rings is 2. The zero-order valence-corrected chi connectivity index (χ0v) is 17.4. The summed E-state index contributed by atoms with van der Waals surface area (Å²) < 4.78 is 23.2.